The zero-order chi connectivity index (χ0) is 9.14. The van der Waals surface area contributed by atoms with Crippen LogP contribution in [0.15, 0.2) is 23.4 Å². The Morgan fingerprint density at radius 3 is 2.58 bits per heavy atom. The lowest BCUT2D eigenvalue weighted by molar-refractivity contribution is 0.0694. The molecule has 12 heavy (non-hydrogen) atoms. The molecular formula is C7H5NO4. The summed E-state index contributed by atoms with van der Waals surface area (Å²) in [4.78, 5) is 20.4. The molecule has 0 spiro atoms. The van der Waals surface area contributed by atoms with Gasteiger partial charge < -0.3 is 10.2 Å². The number of hydrogen-bond acceptors (Lipinski definition) is 4. The molecule has 0 aliphatic carbocycles. The van der Waals surface area contributed by atoms with Crippen LogP contribution in [0.3, 0.4) is 0 Å². The molecule has 2 N–H and O–H groups in total. The first kappa shape index (κ1) is 8.19. The van der Waals surface area contributed by atoms with Gasteiger partial charge in [0.15, 0.2) is 0 Å². The van der Waals surface area contributed by atoms with E-state index < -0.39 is 5.97 Å². The van der Waals surface area contributed by atoms with Crippen LogP contribution >= 0.6 is 0 Å². The van der Waals surface area contributed by atoms with Crippen LogP contribution < -0.4 is 0 Å². The molecule has 0 unspecified atom stereocenters. The number of hydrogen-bond donors (Lipinski definition) is 2. The highest BCUT2D eigenvalue weighted by atomic mass is 16.4. The van der Waals surface area contributed by atoms with Crippen LogP contribution in [0.2, 0.25) is 0 Å². The van der Waals surface area contributed by atoms with E-state index in [4.69, 9.17) is 10.2 Å². The minimum absolute atomic E-state index is 0.0230. The van der Waals surface area contributed by atoms with Gasteiger partial charge in [-0.15, -0.1) is 4.91 Å². The Morgan fingerprint density at radius 1 is 1.42 bits per heavy atom. The average molecular weight is 167 g/mol. The molecule has 5 nitrogen and oxygen atoms in total. The van der Waals surface area contributed by atoms with Crippen LogP contribution in [0.4, 0.5) is 5.69 Å². The smallest absolute Gasteiger partial charge is 0.339 e. The van der Waals surface area contributed by atoms with Gasteiger partial charge in [-0.25, -0.2) is 4.79 Å². The standard InChI is InChI=1S/C7H5NO4/c9-6-2-1-4(8-12)3-5(6)7(10)11/h1-3,9H,(H,10,11). The van der Waals surface area contributed by atoms with Gasteiger partial charge in [0.25, 0.3) is 0 Å². The van der Waals surface area contributed by atoms with Crippen LogP contribution in [0, 0.1) is 4.91 Å². The van der Waals surface area contributed by atoms with E-state index in [1.807, 2.05) is 0 Å². The lowest BCUT2D eigenvalue weighted by Crippen LogP contribution is -1.95. The van der Waals surface area contributed by atoms with Gasteiger partial charge in [0.1, 0.15) is 17.0 Å². The normalized spacial score (nSPS) is 9.33. The number of rotatable bonds is 2. The number of carboxylic acids is 1. The molecule has 0 amide bonds. The molecule has 0 saturated carbocycles. The number of nitroso groups, excluding NO2 is 1. The molecule has 0 aliphatic heterocycles. The van der Waals surface area contributed by atoms with E-state index in [1.165, 1.54) is 6.07 Å². The van der Waals surface area contributed by atoms with Gasteiger partial charge in [-0.2, -0.15) is 0 Å². The second kappa shape index (κ2) is 3.00. The largest absolute Gasteiger partial charge is 0.507 e. The number of carbonyl (C=O) groups is 1. The van der Waals surface area contributed by atoms with Crippen molar-refractivity contribution in [2.75, 3.05) is 0 Å². The SMILES string of the molecule is O=Nc1ccc(O)c(C(=O)O)c1. The predicted octanol–water partition coefficient (Wildman–Crippen LogP) is 1.49. The summed E-state index contributed by atoms with van der Waals surface area (Å²) < 4.78 is 0. The Morgan fingerprint density at radius 2 is 2.08 bits per heavy atom. The molecule has 0 atom stereocenters. The number of phenols is 1. The van der Waals surface area contributed by atoms with E-state index in [-0.39, 0.29) is 17.0 Å². The van der Waals surface area contributed by atoms with E-state index >= 15 is 0 Å². The summed E-state index contributed by atoms with van der Waals surface area (Å²) in [6.45, 7) is 0. The first-order chi connectivity index (χ1) is 5.65. The van der Waals surface area contributed by atoms with Crippen molar-refractivity contribution in [2.24, 2.45) is 5.18 Å². The van der Waals surface area contributed by atoms with Crippen LogP contribution in [-0.2, 0) is 0 Å². The van der Waals surface area contributed by atoms with E-state index in [9.17, 15) is 9.70 Å². The zero-order valence-electron chi connectivity index (χ0n) is 5.89. The van der Waals surface area contributed by atoms with Crippen LogP contribution in [0.25, 0.3) is 0 Å². The van der Waals surface area contributed by atoms with Crippen molar-refractivity contribution in [1.29, 1.82) is 0 Å². The monoisotopic (exact) mass is 167 g/mol. The highest BCUT2D eigenvalue weighted by Crippen LogP contribution is 2.22. The second-order valence-corrected chi connectivity index (χ2v) is 2.10. The Bertz CT molecular complexity index is 334. The molecule has 1 aromatic rings. The van der Waals surface area contributed by atoms with E-state index in [1.54, 1.807) is 0 Å². The van der Waals surface area contributed by atoms with E-state index in [2.05, 4.69) is 5.18 Å². The van der Waals surface area contributed by atoms with Crippen molar-refractivity contribution in [3.05, 3.63) is 28.7 Å². The molecule has 0 heterocycles. The first-order valence-corrected chi connectivity index (χ1v) is 3.05. The van der Waals surface area contributed by atoms with Gasteiger partial charge >= 0.3 is 5.97 Å². The maximum Gasteiger partial charge on any atom is 0.339 e. The number of aromatic carboxylic acids is 1. The Labute approximate surface area is 67.2 Å². The van der Waals surface area contributed by atoms with Gasteiger partial charge in [-0.05, 0) is 23.4 Å². The minimum atomic E-state index is -1.29. The van der Waals surface area contributed by atoms with Crippen molar-refractivity contribution < 1.29 is 15.0 Å². The highest BCUT2D eigenvalue weighted by Gasteiger charge is 2.09. The number of carboxylic acid groups (broad SMARTS) is 1. The summed E-state index contributed by atoms with van der Waals surface area (Å²) in [6.07, 6.45) is 0. The number of benzene rings is 1. The van der Waals surface area contributed by atoms with Crippen LogP contribution in [-0.4, -0.2) is 16.2 Å². The fourth-order valence-electron chi connectivity index (χ4n) is 0.752. The maximum absolute atomic E-state index is 10.4. The highest BCUT2D eigenvalue weighted by molar-refractivity contribution is 5.91. The number of aromatic hydroxyl groups is 1. The van der Waals surface area contributed by atoms with Crippen LogP contribution in [0.5, 0.6) is 5.75 Å². The van der Waals surface area contributed by atoms with E-state index in [0.717, 1.165) is 12.1 Å². The lowest BCUT2D eigenvalue weighted by atomic mass is 10.2. The van der Waals surface area contributed by atoms with Gasteiger partial charge in [-0.3, -0.25) is 0 Å². The summed E-state index contributed by atoms with van der Waals surface area (Å²) >= 11 is 0. The second-order valence-electron chi connectivity index (χ2n) is 2.10. The van der Waals surface area contributed by atoms with E-state index in [0.29, 0.717) is 0 Å². The molecule has 0 aliphatic rings. The molecule has 0 fully saturated rings. The van der Waals surface area contributed by atoms with Crippen molar-refractivity contribution in [3.63, 3.8) is 0 Å². The Hall–Kier alpha value is -1.91. The molecule has 62 valence electrons. The van der Waals surface area contributed by atoms with Crippen molar-refractivity contribution in [3.8, 4) is 5.75 Å². The summed E-state index contributed by atoms with van der Waals surface area (Å²) in [5.74, 6) is -1.67. The van der Waals surface area contributed by atoms with Gasteiger partial charge in [0.05, 0.1) is 0 Å². The molecule has 1 rings (SSSR count). The molecule has 0 bridgehead atoms. The van der Waals surface area contributed by atoms with Gasteiger partial charge in [-0.1, -0.05) is 0 Å². The number of nitrogens with zero attached hydrogens (tertiary/aromatic N) is 1. The summed E-state index contributed by atoms with van der Waals surface area (Å²) in [5, 5.41) is 20.0. The molecule has 5 heteroatoms. The maximum atomic E-state index is 10.4. The van der Waals surface area contributed by atoms with Crippen molar-refractivity contribution >= 4 is 11.7 Å². The summed E-state index contributed by atoms with van der Waals surface area (Å²) in [7, 11) is 0. The molecule has 0 aromatic heterocycles. The van der Waals surface area contributed by atoms with Gasteiger partial charge in [0, 0.05) is 0 Å². The third-order valence-electron chi connectivity index (χ3n) is 1.32. The van der Waals surface area contributed by atoms with Crippen molar-refractivity contribution in [1.82, 2.24) is 0 Å². The zero-order valence-corrected chi connectivity index (χ0v) is 5.89. The fourth-order valence-corrected chi connectivity index (χ4v) is 0.752. The molecule has 0 radical (unpaired) electrons. The topological polar surface area (TPSA) is 87.0 Å². The minimum Gasteiger partial charge on any atom is -0.507 e. The molecule has 0 saturated heterocycles. The summed E-state index contributed by atoms with van der Waals surface area (Å²) in [5.41, 5.74) is -0.350. The molecule has 1 aromatic carbocycles. The quantitative estimate of drug-likeness (QED) is 0.653. The average Bonchev–Trinajstić information content (AvgIpc) is 2.05. The van der Waals surface area contributed by atoms with Crippen LogP contribution in [0.1, 0.15) is 10.4 Å². The third-order valence-corrected chi connectivity index (χ3v) is 1.32. The Balaban J connectivity index is 3.25. The first-order valence-electron chi connectivity index (χ1n) is 3.05. The van der Waals surface area contributed by atoms with Gasteiger partial charge in [0.2, 0.25) is 0 Å². The summed E-state index contributed by atoms with van der Waals surface area (Å²) in [6, 6.07) is 3.35. The van der Waals surface area contributed by atoms with Crippen molar-refractivity contribution in [2.45, 2.75) is 0 Å². The third kappa shape index (κ3) is 1.39. The lowest BCUT2D eigenvalue weighted by Gasteiger charge is -1.97. The molecular weight excluding hydrogens is 162 g/mol. The fraction of sp³-hybridized carbons (Fsp3) is 0. The Kier molecular flexibility index (Phi) is 2.05. The predicted molar refractivity (Wildman–Crippen MR) is 40.5 cm³/mol.